The number of nitro groups is 1. The number of imidazole rings is 1. The van der Waals surface area contributed by atoms with Gasteiger partial charge >= 0.3 is 6.09 Å². The number of benzene rings is 1. The van der Waals surface area contributed by atoms with Crippen molar-refractivity contribution in [2.75, 3.05) is 31.1 Å². The normalized spacial score (nSPS) is 20.1. The van der Waals surface area contributed by atoms with Crippen LogP contribution in [0.25, 0.3) is 0 Å². The number of guanidine groups is 1. The number of fused-ring (bicyclic) bond motifs is 3. The number of nitrogens with one attached hydrogen (secondary N) is 3. The van der Waals surface area contributed by atoms with E-state index in [1.54, 1.807) is 29.6 Å². The Balaban J connectivity index is 1.31. The molecule has 224 valence electrons. The van der Waals surface area contributed by atoms with E-state index in [0.29, 0.717) is 42.6 Å². The number of ether oxygens (including phenoxy) is 1. The minimum Gasteiger partial charge on any atom is -0.440 e. The summed E-state index contributed by atoms with van der Waals surface area (Å²) in [5, 5.41) is 19.2. The van der Waals surface area contributed by atoms with E-state index >= 15 is 0 Å². The van der Waals surface area contributed by atoms with Crippen LogP contribution >= 0.6 is 11.8 Å². The van der Waals surface area contributed by atoms with Gasteiger partial charge in [-0.2, -0.15) is 5.10 Å². The lowest BCUT2D eigenvalue weighted by atomic mass is 9.97. The molecule has 2 amide bonds. The number of aryl methyl sites for hydroxylation is 1. The fraction of sp³-hybridized carbons (Fsp3) is 0.519. The number of aromatic nitrogens is 2. The molecule has 3 fully saturated rings. The first-order valence-electron chi connectivity index (χ1n) is 14.0. The van der Waals surface area contributed by atoms with Gasteiger partial charge in [-0.3, -0.25) is 14.9 Å². The van der Waals surface area contributed by atoms with Crippen LogP contribution in [0.3, 0.4) is 0 Å². The number of nitrogens with zero attached hydrogens (tertiary/aromatic N) is 6. The van der Waals surface area contributed by atoms with Gasteiger partial charge in [0.05, 0.1) is 22.2 Å². The number of rotatable bonds is 10. The Morgan fingerprint density at radius 3 is 2.81 bits per heavy atom. The van der Waals surface area contributed by atoms with Crippen LogP contribution in [0.15, 0.2) is 40.8 Å². The van der Waals surface area contributed by atoms with Gasteiger partial charge in [-0.15, -0.1) is 4.99 Å². The highest BCUT2D eigenvalue weighted by atomic mass is 32.2. The molecule has 6 rings (SSSR count). The number of piperidine rings is 1. The fourth-order valence-electron chi connectivity index (χ4n) is 5.43. The minimum absolute atomic E-state index is 0.0450. The number of hydrazone groups is 1. The monoisotopic (exact) mass is 597 g/mol. The maximum absolute atomic E-state index is 13.1. The Bertz CT molecular complexity index is 1390. The molecule has 1 atom stereocenters. The molecule has 2 aromatic rings. The number of thioether (sulfide) groups is 1. The molecule has 42 heavy (non-hydrogen) atoms. The van der Waals surface area contributed by atoms with Gasteiger partial charge in [0.25, 0.3) is 10.9 Å². The van der Waals surface area contributed by atoms with Crippen LogP contribution in [0.5, 0.6) is 0 Å². The minimum atomic E-state index is -0.818. The van der Waals surface area contributed by atoms with Gasteiger partial charge in [-0.1, -0.05) is 17.8 Å². The van der Waals surface area contributed by atoms with Gasteiger partial charge in [0.1, 0.15) is 11.3 Å². The summed E-state index contributed by atoms with van der Waals surface area (Å²) in [6.07, 6.45) is 6.05. The maximum atomic E-state index is 13.1. The number of hydrogen-bond acceptors (Lipinski definition) is 9. The molecule has 0 aliphatic carbocycles. The van der Waals surface area contributed by atoms with Crippen LogP contribution in [0.1, 0.15) is 51.3 Å². The summed E-state index contributed by atoms with van der Waals surface area (Å²) in [6, 6.07) is 4.85. The number of carbonyl (C=O) groups excluding carboxylic acids is 2. The molecule has 4 aliphatic rings. The largest absolute Gasteiger partial charge is 0.440 e. The third-order valence-electron chi connectivity index (χ3n) is 7.45. The number of aliphatic imine (C=N–C) groups is 1. The van der Waals surface area contributed by atoms with Gasteiger partial charge in [0.2, 0.25) is 5.96 Å². The van der Waals surface area contributed by atoms with Crippen LogP contribution in [-0.4, -0.2) is 85.9 Å². The molecule has 5 heterocycles. The second-order valence-corrected chi connectivity index (χ2v) is 12.4. The van der Waals surface area contributed by atoms with Crippen molar-refractivity contribution in [2.24, 2.45) is 10.1 Å². The summed E-state index contributed by atoms with van der Waals surface area (Å²) in [4.78, 5) is 51.8. The quantitative estimate of drug-likeness (QED) is 0.209. The maximum Gasteiger partial charge on any atom is 0.437 e. The van der Waals surface area contributed by atoms with E-state index in [-0.39, 0.29) is 22.2 Å². The lowest BCUT2D eigenvalue weighted by Crippen LogP contribution is -2.61. The molecule has 4 aliphatic heterocycles. The van der Waals surface area contributed by atoms with Gasteiger partial charge < -0.3 is 24.8 Å². The predicted molar refractivity (Wildman–Crippen MR) is 160 cm³/mol. The van der Waals surface area contributed by atoms with Crippen molar-refractivity contribution in [2.45, 2.75) is 63.3 Å². The number of anilines is 1. The number of carbonyl (C=O) groups is 2. The molecule has 15 heteroatoms. The average molecular weight is 598 g/mol. The number of H-pyrrole nitrogens is 1. The van der Waals surface area contributed by atoms with Crippen LogP contribution in [0.4, 0.5) is 21.0 Å². The Hall–Kier alpha value is -3.98. The highest BCUT2D eigenvalue weighted by Gasteiger charge is 2.41. The van der Waals surface area contributed by atoms with Crippen molar-refractivity contribution in [3.05, 3.63) is 52.1 Å². The Morgan fingerprint density at radius 1 is 1.33 bits per heavy atom. The molecule has 1 unspecified atom stereocenters. The summed E-state index contributed by atoms with van der Waals surface area (Å²) in [6.45, 7) is 8.05. The Kier molecular flexibility index (Phi) is 8.77. The molecule has 0 spiro atoms. The number of amides is 2. The molecule has 14 nitrogen and oxygen atoms in total. The third-order valence-corrected chi connectivity index (χ3v) is 8.33. The topological polar surface area (TPSA) is 170 Å². The van der Waals surface area contributed by atoms with Crippen molar-refractivity contribution in [3.8, 4) is 0 Å². The number of nitro benzene ring substituents is 1. The second-order valence-electron chi connectivity index (χ2n) is 11.1. The van der Waals surface area contributed by atoms with Gasteiger partial charge in [-0.25, -0.2) is 15.2 Å². The van der Waals surface area contributed by atoms with E-state index < -0.39 is 16.6 Å². The smallest absolute Gasteiger partial charge is 0.437 e. The standard InChI is InChI=1S/C27H35N9O5S/c1-17-23(32-33-26(38)42-17)18-6-7-21(22(13-18)36(39)40)35-20-8-11-34(12-9-20)24(35)31-25(37)41-27(2,3)15-28-10-4-5-19-14-29-16-30-19/h6-7,13-14,16-17,20,28H,4-5,8-12,15H2,1-3H3,(H,29,30)(H,33,38)/b31-24+. The zero-order valence-corrected chi connectivity index (χ0v) is 24.6. The Labute approximate surface area is 247 Å². The number of aromatic amines is 1. The SMILES string of the molecule is CC1SC(=O)NN=C1c1ccc(N2/C(=N/C(=O)OC(C)(C)CNCCCc3cnc[nH]3)N3CCC2CC3)c([N+](=O)[O-])c1. The van der Waals surface area contributed by atoms with Crippen molar-refractivity contribution < 1.29 is 19.2 Å². The summed E-state index contributed by atoms with van der Waals surface area (Å²) in [5.74, 6) is 0.355. The Morgan fingerprint density at radius 2 is 2.12 bits per heavy atom. The first kappa shape index (κ1) is 29.5. The third kappa shape index (κ3) is 6.73. The van der Waals surface area contributed by atoms with Crippen LogP contribution in [0.2, 0.25) is 0 Å². The highest BCUT2D eigenvalue weighted by molar-refractivity contribution is 8.14. The molecule has 3 N–H and O–H groups in total. The van der Waals surface area contributed by atoms with E-state index in [4.69, 9.17) is 4.74 Å². The summed E-state index contributed by atoms with van der Waals surface area (Å²) < 4.78 is 5.74. The van der Waals surface area contributed by atoms with E-state index in [9.17, 15) is 19.7 Å². The number of hydrogen-bond donors (Lipinski definition) is 3. The zero-order chi connectivity index (χ0) is 29.9. The second kappa shape index (κ2) is 12.5. The average Bonchev–Trinajstić information content (AvgIpc) is 3.46. The van der Waals surface area contributed by atoms with Crippen LogP contribution in [-0.2, 0) is 11.2 Å². The molecule has 1 aromatic carbocycles. The molecule has 3 saturated heterocycles. The first-order chi connectivity index (χ1) is 20.1. The molecule has 1 aromatic heterocycles. The van der Waals surface area contributed by atoms with Crippen LogP contribution < -0.4 is 15.6 Å². The first-order valence-corrected chi connectivity index (χ1v) is 14.9. The lowest BCUT2D eigenvalue weighted by Gasteiger charge is -2.49. The van der Waals surface area contributed by atoms with Gasteiger partial charge in [0, 0.05) is 49.2 Å². The molecule has 0 radical (unpaired) electrons. The van der Waals surface area contributed by atoms with Crippen molar-refractivity contribution >= 4 is 46.1 Å². The van der Waals surface area contributed by atoms with E-state index in [2.05, 4.69) is 30.8 Å². The molecular formula is C27H35N9O5S. The van der Waals surface area contributed by atoms with Gasteiger partial charge in [-0.05, 0) is 59.1 Å². The summed E-state index contributed by atoms with van der Waals surface area (Å²) in [5.41, 5.74) is 4.00. The fourth-order valence-corrected chi connectivity index (χ4v) is 6.15. The highest BCUT2D eigenvalue weighted by Crippen LogP contribution is 2.38. The molecular weight excluding hydrogens is 562 g/mol. The zero-order valence-electron chi connectivity index (χ0n) is 23.8. The van der Waals surface area contributed by atoms with Crippen molar-refractivity contribution in [1.29, 1.82) is 0 Å². The van der Waals surface area contributed by atoms with Crippen molar-refractivity contribution in [1.82, 2.24) is 25.6 Å². The van der Waals surface area contributed by atoms with Gasteiger partial charge in [0.15, 0.2) is 0 Å². The predicted octanol–water partition coefficient (Wildman–Crippen LogP) is 3.64. The molecule has 0 saturated carbocycles. The van der Waals surface area contributed by atoms with Crippen molar-refractivity contribution in [3.63, 3.8) is 0 Å². The summed E-state index contributed by atoms with van der Waals surface area (Å²) in [7, 11) is 0. The van der Waals surface area contributed by atoms with E-state index in [1.807, 2.05) is 25.7 Å². The van der Waals surface area contributed by atoms with Crippen LogP contribution in [0, 0.1) is 10.1 Å². The van der Waals surface area contributed by atoms with E-state index in [0.717, 1.165) is 49.7 Å². The molecule has 2 bridgehead atoms. The lowest BCUT2D eigenvalue weighted by molar-refractivity contribution is -0.384. The summed E-state index contributed by atoms with van der Waals surface area (Å²) >= 11 is 1.07. The van der Waals surface area contributed by atoms with E-state index in [1.165, 1.54) is 6.07 Å².